The fourth-order valence-electron chi connectivity index (χ4n) is 7.07. The first-order valence-corrected chi connectivity index (χ1v) is 17.6. The molecule has 0 spiro atoms. The fraction of sp³-hybridized carbons (Fsp3) is 0.250. The summed E-state index contributed by atoms with van der Waals surface area (Å²) >= 11 is 0. The molecule has 0 aliphatic carbocycles. The van der Waals surface area contributed by atoms with Crippen LogP contribution in [0.3, 0.4) is 0 Å². The lowest BCUT2D eigenvalue weighted by Gasteiger charge is -2.43. The Hall–Kier alpha value is -5.25. The Morgan fingerprint density at radius 1 is 0.692 bits per heavy atom. The molecule has 52 heavy (non-hydrogen) atoms. The number of aryl methyl sites for hydroxylation is 1. The zero-order chi connectivity index (χ0) is 35.4. The lowest BCUT2D eigenvalue weighted by atomic mass is 9.91. The summed E-state index contributed by atoms with van der Waals surface area (Å²) in [6.45, 7) is 3.32. The van der Waals surface area contributed by atoms with Gasteiger partial charge in [0.2, 0.25) is 0 Å². The molecule has 1 fully saturated rings. The molecule has 6 aromatic rings. The zero-order valence-corrected chi connectivity index (χ0v) is 29.1. The first kappa shape index (κ1) is 33.9. The van der Waals surface area contributed by atoms with Crippen molar-refractivity contribution in [3.63, 3.8) is 0 Å². The molecule has 1 aromatic heterocycles. The molecule has 0 saturated carbocycles. The van der Waals surface area contributed by atoms with Crippen LogP contribution >= 0.6 is 0 Å². The highest BCUT2D eigenvalue weighted by Gasteiger charge is 2.54. The Kier molecular flexibility index (Phi) is 9.87. The molecule has 8 heteroatoms. The standard InChI is InChI=1S/C44H40O8/c1-28-18-20-32(21-19-28)34-22-33(45)38-35(50-34)23-36-39(41(38)46-2)42-44(51-36)43(49-26-31-16-10-5-11-17-31)40(48-25-30-14-8-4-9-15-30)37(52-42)27-47-24-29-12-6-3-7-13-29/h3-23,37,40,42-44H,24-27H2,1-2H3/t37-,40-,42+,43+,44-/m1/s1. The molecular formula is C44H40O8. The van der Waals surface area contributed by atoms with Gasteiger partial charge in [-0.15, -0.1) is 0 Å². The van der Waals surface area contributed by atoms with Crippen molar-refractivity contribution >= 4 is 11.0 Å². The van der Waals surface area contributed by atoms with Gasteiger partial charge in [-0.1, -0.05) is 121 Å². The van der Waals surface area contributed by atoms with Gasteiger partial charge in [-0.2, -0.15) is 0 Å². The number of methoxy groups -OCH3 is 1. The Balaban J connectivity index is 1.18. The fourth-order valence-corrected chi connectivity index (χ4v) is 7.07. The van der Waals surface area contributed by atoms with Crippen molar-refractivity contribution in [1.82, 2.24) is 0 Å². The quantitative estimate of drug-likeness (QED) is 0.126. The van der Waals surface area contributed by atoms with E-state index >= 15 is 0 Å². The number of ether oxygens (including phenoxy) is 6. The molecular weight excluding hydrogens is 656 g/mol. The van der Waals surface area contributed by atoms with E-state index in [1.54, 1.807) is 13.2 Å². The molecule has 1 saturated heterocycles. The molecule has 3 heterocycles. The van der Waals surface area contributed by atoms with E-state index in [9.17, 15) is 4.79 Å². The third-order valence-electron chi connectivity index (χ3n) is 9.66. The molecule has 2 aliphatic rings. The number of hydrogen-bond acceptors (Lipinski definition) is 8. The Morgan fingerprint density at radius 3 is 1.90 bits per heavy atom. The topological polar surface area (TPSA) is 85.6 Å². The van der Waals surface area contributed by atoms with Crippen molar-refractivity contribution < 1.29 is 32.8 Å². The maximum absolute atomic E-state index is 13.8. The summed E-state index contributed by atoms with van der Waals surface area (Å²) in [5.41, 5.74) is 5.77. The van der Waals surface area contributed by atoms with E-state index in [2.05, 4.69) is 0 Å². The third kappa shape index (κ3) is 6.98. The molecule has 5 aromatic carbocycles. The lowest BCUT2D eigenvalue weighted by molar-refractivity contribution is -0.250. The van der Waals surface area contributed by atoms with Crippen LogP contribution in [-0.4, -0.2) is 38.1 Å². The van der Waals surface area contributed by atoms with Gasteiger partial charge in [0.25, 0.3) is 0 Å². The van der Waals surface area contributed by atoms with E-state index in [1.807, 2.05) is 122 Å². The van der Waals surface area contributed by atoms with Crippen molar-refractivity contribution in [2.24, 2.45) is 0 Å². The maximum Gasteiger partial charge on any atom is 0.197 e. The molecule has 0 unspecified atom stereocenters. The highest BCUT2D eigenvalue weighted by molar-refractivity contribution is 5.89. The number of rotatable bonds is 12. The van der Waals surface area contributed by atoms with Crippen LogP contribution in [-0.2, 0) is 38.8 Å². The Morgan fingerprint density at radius 2 is 1.29 bits per heavy atom. The number of fused-ring (bicyclic) bond motifs is 4. The van der Waals surface area contributed by atoms with E-state index < -0.39 is 30.5 Å². The van der Waals surface area contributed by atoms with E-state index in [-0.39, 0.29) is 12.0 Å². The van der Waals surface area contributed by atoms with Gasteiger partial charge in [-0.05, 0) is 23.6 Å². The first-order chi connectivity index (χ1) is 25.6. The van der Waals surface area contributed by atoms with Crippen LogP contribution in [0.25, 0.3) is 22.3 Å². The van der Waals surface area contributed by atoms with E-state index in [4.69, 9.17) is 32.8 Å². The second-order valence-corrected chi connectivity index (χ2v) is 13.2. The second kappa shape index (κ2) is 15.2. The summed E-state index contributed by atoms with van der Waals surface area (Å²) < 4.78 is 45.8. The summed E-state index contributed by atoms with van der Waals surface area (Å²) in [6.07, 6.45) is -2.97. The van der Waals surface area contributed by atoms with E-state index in [1.165, 1.54) is 6.07 Å². The van der Waals surface area contributed by atoms with Crippen LogP contribution in [0, 0.1) is 6.92 Å². The minimum Gasteiger partial charge on any atom is -0.495 e. The Labute approximate surface area is 302 Å². The smallest absolute Gasteiger partial charge is 0.197 e. The first-order valence-electron chi connectivity index (χ1n) is 17.6. The molecule has 2 aliphatic heterocycles. The van der Waals surface area contributed by atoms with Crippen LogP contribution in [0.5, 0.6) is 11.5 Å². The third-order valence-corrected chi connectivity index (χ3v) is 9.66. The number of hydrogen-bond donors (Lipinski definition) is 0. The summed E-state index contributed by atoms with van der Waals surface area (Å²) in [5, 5.41) is 0.325. The molecule has 8 rings (SSSR count). The summed E-state index contributed by atoms with van der Waals surface area (Å²) in [6, 6.07) is 41.2. The number of benzene rings is 5. The highest BCUT2D eigenvalue weighted by Crippen LogP contribution is 2.52. The molecule has 0 N–H and O–H groups in total. The molecule has 5 atom stereocenters. The lowest BCUT2D eigenvalue weighted by Crippen LogP contribution is -2.57. The van der Waals surface area contributed by atoms with Gasteiger partial charge >= 0.3 is 0 Å². The molecule has 264 valence electrons. The SMILES string of the molecule is COc1c2c(cc3oc(-c4ccc(C)cc4)cc(=O)c13)O[C@H]1[C@@H](OCc3ccccc3)[C@H](OCc3ccccc3)[C@@H](COCc3ccccc3)O[C@@H]21. The second-order valence-electron chi connectivity index (χ2n) is 13.2. The highest BCUT2D eigenvalue weighted by atomic mass is 16.6. The van der Waals surface area contributed by atoms with Crippen LogP contribution in [0.2, 0.25) is 0 Å². The van der Waals surface area contributed by atoms with Crippen molar-refractivity contribution in [3.8, 4) is 22.8 Å². The molecule has 0 bridgehead atoms. The van der Waals surface area contributed by atoms with Crippen LogP contribution in [0.1, 0.15) is 33.9 Å². The van der Waals surface area contributed by atoms with Crippen LogP contribution in [0.4, 0.5) is 0 Å². The van der Waals surface area contributed by atoms with Crippen molar-refractivity contribution in [2.75, 3.05) is 13.7 Å². The normalized spacial score (nSPS) is 20.6. The minimum absolute atomic E-state index is 0.223. The van der Waals surface area contributed by atoms with Gasteiger partial charge in [0, 0.05) is 17.7 Å². The van der Waals surface area contributed by atoms with Crippen LogP contribution < -0.4 is 14.9 Å². The predicted octanol–water partition coefficient (Wildman–Crippen LogP) is 8.37. The maximum atomic E-state index is 13.8. The minimum atomic E-state index is -0.645. The van der Waals surface area contributed by atoms with E-state index in [0.717, 1.165) is 27.8 Å². The predicted molar refractivity (Wildman–Crippen MR) is 197 cm³/mol. The van der Waals surface area contributed by atoms with Gasteiger partial charge in [-0.25, -0.2) is 0 Å². The van der Waals surface area contributed by atoms with Gasteiger partial charge in [0.1, 0.15) is 52.6 Å². The van der Waals surface area contributed by atoms with Gasteiger partial charge in [0.05, 0.1) is 39.1 Å². The van der Waals surface area contributed by atoms with Gasteiger partial charge in [-0.3, -0.25) is 4.79 Å². The van der Waals surface area contributed by atoms with Crippen LogP contribution in [0.15, 0.2) is 137 Å². The molecule has 8 nitrogen and oxygen atoms in total. The van der Waals surface area contributed by atoms with Gasteiger partial charge in [0.15, 0.2) is 11.5 Å². The van der Waals surface area contributed by atoms with Crippen molar-refractivity contribution in [1.29, 1.82) is 0 Å². The zero-order valence-electron chi connectivity index (χ0n) is 29.1. The monoisotopic (exact) mass is 696 g/mol. The summed E-state index contributed by atoms with van der Waals surface area (Å²) in [5.74, 6) is 1.32. The van der Waals surface area contributed by atoms with Crippen molar-refractivity contribution in [3.05, 3.63) is 165 Å². The van der Waals surface area contributed by atoms with Gasteiger partial charge < -0.3 is 32.8 Å². The molecule has 0 amide bonds. The average molecular weight is 697 g/mol. The van der Waals surface area contributed by atoms with Crippen molar-refractivity contribution in [2.45, 2.75) is 57.3 Å². The summed E-state index contributed by atoms with van der Waals surface area (Å²) in [4.78, 5) is 13.8. The van der Waals surface area contributed by atoms with E-state index in [0.29, 0.717) is 53.6 Å². The average Bonchev–Trinajstić information content (AvgIpc) is 3.54. The molecule has 0 radical (unpaired) electrons. The largest absolute Gasteiger partial charge is 0.495 e. The summed E-state index contributed by atoms with van der Waals surface area (Å²) in [7, 11) is 1.55. The Bertz CT molecular complexity index is 2170.